The molecule has 0 unspecified atom stereocenters. The summed E-state index contributed by atoms with van der Waals surface area (Å²) in [5, 5.41) is 18.2. The molecule has 4 heteroatoms. The highest BCUT2D eigenvalue weighted by molar-refractivity contribution is 5.41. The summed E-state index contributed by atoms with van der Waals surface area (Å²) in [5.41, 5.74) is 0. The van der Waals surface area contributed by atoms with Crippen molar-refractivity contribution in [1.29, 1.82) is 0 Å². The van der Waals surface area contributed by atoms with Gasteiger partial charge in [0.05, 0.1) is 13.2 Å². The predicted octanol–water partition coefficient (Wildman–Crippen LogP) is 3.11. The third-order valence-corrected chi connectivity index (χ3v) is 2.66. The number of phenolic OH excluding ortho intramolecular Hbond substituents is 1. The molecule has 0 atom stereocenters. The molecule has 0 spiro atoms. The fourth-order valence-corrected chi connectivity index (χ4v) is 1.70. The zero-order valence-corrected chi connectivity index (χ0v) is 11.6. The number of ether oxygens (including phenoxy) is 2. The lowest BCUT2D eigenvalue weighted by Crippen LogP contribution is -1.99. The molecular weight excluding hydrogens is 244 g/mol. The third kappa shape index (κ3) is 6.91. The van der Waals surface area contributed by atoms with E-state index < -0.39 is 0 Å². The Morgan fingerprint density at radius 1 is 0.895 bits per heavy atom. The van der Waals surface area contributed by atoms with Gasteiger partial charge in [-0.25, -0.2) is 0 Å². The summed E-state index contributed by atoms with van der Waals surface area (Å²) < 4.78 is 11.1. The summed E-state index contributed by atoms with van der Waals surface area (Å²) in [4.78, 5) is 0. The van der Waals surface area contributed by atoms with Crippen molar-refractivity contribution in [2.45, 2.75) is 39.0 Å². The van der Waals surface area contributed by atoms with Crippen LogP contribution >= 0.6 is 0 Å². The number of hydrogen-bond acceptors (Lipinski definition) is 4. The number of hydrogen-bond donors (Lipinski definition) is 2. The molecule has 0 aliphatic heterocycles. The van der Waals surface area contributed by atoms with Crippen LogP contribution in [0.25, 0.3) is 0 Å². The van der Waals surface area contributed by atoms with E-state index >= 15 is 0 Å². The van der Waals surface area contributed by atoms with E-state index in [1.54, 1.807) is 18.2 Å². The topological polar surface area (TPSA) is 58.9 Å². The number of rotatable bonds is 10. The minimum atomic E-state index is 0.156. The van der Waals surface area contributed by atoms with E-state index in [9.17, 15) is 5.11 Å². The number of benzene rings is 1. The Kier molecular flexibility index (Phi) is 7.82. The maximum atomic E-state index is 9.58. The Bertz CT molecular complexity index is 352. The molecule has 0 aliphatic carbocycles. The van der Waals surface area contributed by atoms with Crippen LogP contribution in [-0.4, -0.2) is 30.0 Å². The first-order chi connectivity index (χ1) is 9.26. The van der Waals surface area contributed by atoms with Gasteiger partial charge in [-0.15, -0.1) is 0 Å². The van der Waals surface area contributed by atoms with Gasteiger partial charge in [0.2, 0.25) is 0 Å². The summed E-state index contributed by atoms with van der Waals surface area (Å²) in [6.07, 6.45) is 4.78. The number of aliphatic hydroxyl groups is 1. The average molecular weight is 268 g/mol. The highest BCUT2D eigenvalue weighted by Crippen LogP contribution is 2.27. The minimum absolute atomic E-state index is 0.156. The lowest BCUT2D eigenvalue weighted by molar-refractivity contribution is 0.271. The molecule has 0 aliphatic rings. The smallest absolute Gasteiger partial charge is 0.126 e. The van der Waals surface area contributed by atoms with Crippen molar-refractivity contribution in [3.63, 3.8) is 0 Å². The van der Waals surface area contributed by atoms with E-state index in [2.05, 4.69) is 0 Å². The fourth-order valence-electron chi connectivity index (χ4n) is 1.70. The first-order valence-electron chi connectivity index (χ1n) is 6.96. The van der Waals surface area contributed by atoms with Gasteiger partial charge in [-0.3, -0.25) is 0 Å². The molecule has 0 saturated heterocycles. The normalized spacial score (nSPS) is 10.4. The summed E-state index contributed by atoms with van der Waals surface area (Å²) in [6, 6.07) is 4.97. The Labute approximate surface area is 115 Å². The summed E-state index contributed by atoms with van der Waals surface area (Å²) in [5.74, 6) is 1.43. The Morgan fingerprint density at radius 3 is 2.16 bits per heavy atom. The monoisotopic (exact) mass is 268 g/mol. The summed E-state index contributed by atoms with van der Waals surface area (Å²) in [7, 11) is 0. The molecule has 0 fully saturated rings. The molecule has 1 rings (SSSR count). The molecule has 1 aromatic rings. The highest BCUT2D eigenvalue weighted by atomic mass is 16.5. The van der Waals surface area contributed by atoms with Crippen LogP contribution < -0.4 is 9.47 Å². The maximum absolute atomic E-state index is 9.58. The van der Waals surface area contributed by atoms with Gasteiger partial charge in [0.25, 0.3) is 0 Å². The van der Waals surface area contributed by atoms with Gasteiger partial charge in [0.15, 0.2) is 0 Å². The largest absolute Gasteiger partial charge is 0.508 e. The molecule has 108 valence electrons. The lowest BCUT2D eigenvalue weighted by Gasteiger charge is -2.10. The zero-order chi connectivity index (χ0) is 13.9. The molecule has 1 aromatic carbocycles. The maximum Gasteiger partial charge on any atom is 0.126 e. The fraction of sp³-hybridized carbons (Fsp3) is 0.600. The van der Waals surface area contributed by atoms with Gasteiger partial charge in [-0.05, 0) is 25.7 Å². The van der Waals surface area contributed by atoms with E-state index in [0.29, 0.717) is 24.7 Å². The van der Waals surface area contributed by atoms with Gasteiger partial charge in [-0.2, -0.15) is 0 Å². The van der Waals surface area contributed by atoms with E-state index in [0.717, 1.165) is 32.1 Å². The van der Waals surface area contributed by atoms with Crippen LogP contribution in [-0.2, 0) is 0 Å². The van der Waals surface area contributed by atoms with Gasteiger partial charge in [0.1, 0.15) is 17.2 Å². The van der Waals surface area contributed by atoms with Crippen LogP contribution in [0.2, 0.25) is 0 Å². The van der Waals surface area contributed by atoms with Crippen LogP contribution in [0, 0.1) is 0 Å². The van der Waals surface area contributed by atoms with Crippen molar-refractivity contribution in [2.24, 2.45) is 0 Å². The molecule has 4 nitrogen and oxygen atoms in total. The van der Waals surface area contributed by atoms with E-state index in [-0.39, 0.29) is 12.4 Å². The number of phenols is 1. The van der Waals surface area contributed by atoms with Crippen LogP contribution in [0.15, 0.2) is 18.2 Å². The standard InChI is InChI=1S/C15H24O4/c1-2-8-18-14-10-13(17)11-15(12-14)19-9-6-4-3-5-7-16/h10-12,16-17H,2-9H2,1H3. The molecule has 0 bridgehead atoms. The van der Waals surface area contributed by atoms with E-state index in [4.69, 9.17) is 14.6 Å². The van der Waals surface area contributed by atoms with Crippen molar-refractivity contribution in [1.82, 2.24) is 0 Å². The van der Waals surface area contributed by atoms with E-state index in [1.807, 2.05) is 6.92 Å². The Morgan fingerprint density at radius 2 is 1.53 bits per heavy atom. The molecular formula is C15H24O4. The molecule has 19 heavy (non-hydrogen) atoms. The van der Waals surface area contributed by atoms with Gasteiger partial charge >= 0.3 is 0 Å². The molecule has 0 aromatic heterocycles. The van der Waals surface area contributed by atoms with Gasteiger partial charge in [-0.1, -0.05) is 13.3 Å². The summed E-state index contributed by atoms with van der Waals surface area (Å²) in [6.45, 7) is 3.53. The van der Waals surface area contributed by atoms with Gasteiger partial charge in [0, 0.05) is 24.8 Å². The number of aromatic hydroxyl groups is 1. The van der Waals surface area contributed by atoms with E-state index in [1.165, 1.54) is 0 Å². The second-order valence-electron chi connectivity index (χ2n) is 4.50. The quantitative estimate of drug-likeness (QED) is 0.640. The van der Waals surface area contributed by atoms with Crippen molar-refractivity contribution in [3.8, 4) is 17.2 Å². The Balaban J connectivity index is 2.34. The van der Waals surface area contributed by atoms with Crippen LogP contribution in [0.1, 0.15) is 39.0 Å². The van der Waals surface area contributed by atoms with Crippen molar-refractivity contribution in [3.05, 3.63) is 18.2 Å². The first kappa shape index (κ1) is 15.6. The predicted molar refractivity (Wildman–Crippen MR) is 74.9 cm³/mol. The second kappa shape index (κ2) is 9.50. The minimum Gasteiger partial charge on any atom is -0.508 e. The number of unbranched alkanes of at least 4 members (excludes halogenated alkanes) is 3. The molecule has 2 N–H and O–H groups in total. The average Bonchev–Trinajstić information content (AvgIpc) is 2.40. The highest BCUT2D eigenvalue weighted by Gasteiger charge is 2.02. The molecule has 0 radical (unpaired) electrons. The van der Waals surface area contributed by atoms with Crippen LogP contribution in [0.4, 0.5) is 0 Å². The SMILES string of the molecule is CCCOc1cc(O)cc(OCCCCCCO)c1. The number of aliphatic hydroxyl groups excluding tert-OH is 1. The molecule has 0 heterocycles. The van der Waals surface area contributed by atoms with Crippen molar-refractivity contribution >= 4 is 0 Å². The third-order valence-electron chi connectivity index (χ3n) is 2.66. The summed E-state index contributed by atoms with van der Waals surface area (Å²) >= 11 is 0. The Hall–Kier alpha value is -1.42. The van der Waals surface area contributed by atoms with Crippen molar-refractivity contribution < 1.29 is 19.7 Å². The molecule has 0 amide bonds. The van der Waals surface area contributed by atoms with Gasteiger partial charge < -0.3 is 19.7 Å². The first-order valence-corrected chi connectivity index (χ1v) is 6.96. The zero-order valence-electron chi connectivity index (χ0n) is 11.6. The van der Waals surface area contributed by atoms with Crippen LogP contribution in [0.3, 0.4) is 0 Å². The lowest BCUT2D eigenvalue weighted by atomic mass is 10.2. The van der Waals surface area contributed by atoms with Crippen LogP contribution in [0.5, 0.6) is 17.2 Å². The van der Waals surface area contributed by atoms with Crippen molar-refractivity contribution in [2.75, 3.05) is 19.8 Å². The molecule has 0 saturated carbocycles. The second-order valence-corrected chi connectivity index (χ2v) is 4.50.